The fourth-order valence-corrected chi connectivity index (χ4v) is 3.12. The maximum absolute atomic E-state index is 12.1. The number of β-amino-alcohol motifs (C(OH)–C–C–N with tert-alkyl or cyclic N) is 2. The Labute approximate surface area is 99.4 Å². The third-order valence-electron chi connectivity index (χ3n) is 2.80. The SMILES string of the molecule is CCn1cnc(S(=O)(=O)N2C[C@@H](O)[C@@H](O)C2)c1. The Kier molecular flexibility index (Phi) is 3.21. The highest BCUT2D eigenvalue weighted by Crippen LogP contribution is 2.19. The van der Waals surface area contributed by atoms with Crippen LogP contribution in [0.1, 0.15) is 6.92 Å². The van der Waals surface area contributed by atoms with E-state index in [-0.39, 0.29) is 18.1 Å². The summed E-state index contributed by atoms with van der Waals surface area (Å²) in [6.07, 6.45) is 0.818. The number of hydrogen-bond donors (Lipinski definition) is 2. The lowest BCUT2D eigenvalue weighted by atomic mass is 10.3. The van der Waals surface area contributed by atoms with E-state index >= 15 is 0 Å². The van der Waals surface area contributed by atoms with Gasteiger partial charge in [0.15, 0.2) is 5.03 Å². The summed E-state index contributed by atoms with van der Waals surface area (Å²) < 4.78 is 26.9. The first-order chi connectivity index (χ1) is 7.95. The summed E-state index contributed by atoms with van der Waals surface area (Å²) in [6, 6.07) is 0. The number of imidazole rings is 1. The topological polar surface area (TPSA) is 95.7 Å². The highest BCUT2D eigenvalue weighted by Gasteiger charge is 2.38. The maximum atomic E-state index is 12.1. The van der Waals surface area contributed by atoms with E-state index in [0.29, 0.717) is 6.54 Å². The zero-order valence-electron chi connectivity index (χ0n) is 9.39. The van der Waals surface area contributed by atoms with Crippen LogP contribution in [-0.2, 0) is 16.6 Å². The molecule has 2 rings (SSSR count). The first-order valence-corrected chi connectivity index (χ1v) is 6.77. The van der Waals surface area contributed by atoms with E-state index in [9.17, 15) is 18.6 Å². The van der Waals surface area contributed by atoms with Crippen molar-refractivity contribution in [2.24, 2.45) is 0 Å². The Balaban J connectivity index is 2.25. The lowest BCUT2D eigenvalue weighted by Gasteiger charge is -2.13. The molecule has 0 radical (unpaired) electrons. The van der Waals surface area contributed by atoms with Gasteiger partial charge < -0.3 is 14.8 Å². The van der Waals surface area contributed by atoms with Gasteiger partial charge in [0.05, 0.1) is 18.5 Å². The zero-order chi connectivity index (χ0) is 12.6. The second kappa shape index (κ2) is 4.37. The van der Waals surface area contributed by atoms with Gasteiger partial charge in [0.1, 0.15) is 0 Å². The van der Waals surface area contributed by atoms with Crippen LogP contribution in [0.5, 0.6) is 0 Å². The summed E-state index contributed by atoms with van der Waals surface area (Å²) in [5.74, 6) is 0. The summed E-state index contributed by atoms with van der Waals surface area (Å²) in [6.45, 7) is 2.32. The average molecular weight is 261 g/mol. The molecule has 0 aliphatic carbocycles. The summed E-state index contributed by atoms with van der Waals surface area (Å²) in [4.78, 5) is 3.82. The number of aliphatic hydroxyl groups is 2. The Morgan fingerprint density at radius 2 is 2.00 bits per heavy atom. The molecule has 2 N–H and O–H groups in total. The number of sulfonamides is 1. The molecular weight excluding hydrogens is 246 g/mol. The molecule has 1 aromatic heterocycles. The molecule has 17 heavy (non-hydrogen) atoms. The molecule has 2 heterocycles. The standard InChI is InChI=1S/C9H15N3O4S/c1-2-11-5-9(10-6-11)17(15,16)12-3-7(13)8(14)4-12/h5-8,13-14H,2-4H2,1H3/t7-,8+. The predicted octanol–water partition coefficient (Wildman–Crippen LogP) is -1.37. The van der Waals surface area contributed by atoms with Gasteiger partial charge in [-0.25, -0.2) is 13.4 Å². The largest absolute Gasteiger partial charge is 0.389 e. The Hall–Kier alpha value is -0.960. The van der Waals surface area contributed by atoms with Crippen LogP contribution in [0.15, 0.2) is 17.6 Å². The zero-order valence-corrected chi connectivity index (χ0v) is 10.2. The molecule has 0 aromatic carbocycles. The Morgan fingerprint density at radius 1 is 1.41 bits per heavy atom. The van der Waals surface area contributed by atoms with E-state index in [2.05, 4.69) is 4.98 Å². The minimum Gasteiger partial charge on any atom is -0.389 e. The second-order valence-electron chi connectivity index (χ2n) is 4.00. The highest BCUT2D eigenvalue weighted by molar-refractivity contribution is 7.89. The molecule has 0 bridgehead atoms. The maximum Gasteiger partial charge on any atom is 0.262 e. The highest BCUT2D eigenvalue weighted by atomic mass is 32.2. The molecule has 2 atom stereocenters. The minimum absolute atomic E-state index is 0.0550. The van der Waals surface area contributed by atoms with Crippen LogP contribution >= 0.6 is 0 Å². The Morgan fingerprint density at radius 3 is 2.47 bits per heavy atom. The average Bonchev–Trinajstić information content (AvgIpc) is 2.87. The number of nitrogens with zero attached hydrogens (tertiary/aromatic N) is 3. The summed E-state index contributed by atoms with van der Waals surface area (Å²) >= 11 is 0. The number of hydrogen-bond acceptors (Lipinski definition) is 5. The molecule has 7 nitrogen and oxygen atoms in total. The van der Waals surface area contributed by atoms with E-state index in [1.165, 1.54) is 12.5 Å². The molecule has 1 aromatic rings. The van der Waals surface area contributed by atoms with Crippen molar-refractivity contribution in [3.05, 3.63) is 12.5 Å². The third-order valence-corrected chi connectivity index (χ3v) is 4.52. The van der Waals surface area contributed by atoms with E-state index in [4.69, 9.17) is 0 Å². The molecule has 96 valence electrons. The van der Waals surface area contributed by atoms with Gasteiger partial charge in [-0.15, -0.1) is 0 Å². The van der Waals surface area contributed by atoms with Crippen molar-refractivity contribution >= 4 is 10.0 Å². The fraction of sp³-hybridized carbons (Fsp3) is 0.667. The van der Waals surface area contributed by atoms with Crippen molar-refractivity contribution < 1.29 is 18.6 Å². The van der Waals surface area contributed by atoms with Crippen LogP contribution in [0.25, 0.3) is 0 Å². The fourth-order valence-electron chi connectivity index (χ4n) is 1.71. The third kappa shape index (κ3) is 2.21. The van der Waals surface area contributed by atoms with E-state index in [0.717, 1.165) is 4.31 Å². The smallest absolute Gasteiger partial charge is 0.262 e. The lowest BCUT2D eigenvalue weighted by Crippen LogP contribution is -2.30. The van der Waals surface area contributed by atoms with Crippen molar-refractivity contribution in [3.63, 3.8) is 0 Å². The van der Waals surface area contributed by atoms with E-state index in [1.807, 2.05) is 6.92 Å². The summed E-state index contributed by atoms with van der Waals surface area (Å²) in [7, 11) is -3.71. The van der Waals surface area contributed by atoms with E-state index in [1.54, 1.807) is 4.57 Å². The molecule has 1 aliphatic heterocycles. The molecule has 0 amide bonds. The van der Waals surface area contributed by atoms with Gasteiger partial charge >= 0.3 is 0 Å². The number of aromatic nitrogens is 2. The molecule has 1 aliphatic rings. The quantitative estimate of drug-likeness (QED) is 0.700. The van der Waals surface area contributed by atoms with Gasteiger partial charge in [0.2, 0.25) is 0 Å². The lowest BCUT2D eigenvalue weighted by molar-refractivity contribution is 0.0572. The normalized spacial score (nSPS) is 26.5. The van der Waals surface area contributed by atoms with Gasteiger partial charge in [0.25, 0.3) is 10.0 Å². The summed E-state index contributed by atoms with van der Waals surface area (Å²) in [5.41, 5.74) is 0. The number of aryl methyl sites for hydroxylation is 1. The molecule has 1 fully saturated rings. The van der Waals surface area contributed by atoms with Crippen LogP contribution in [-0.4, -0.2) is 57.8 Å². The number of rotatable bonds is 3. The van der Waals surface area contributed by atoms with Crippen molar-refractivity contribution in [3.8, 4) is 0 Å². The van der Waals surface area contributed by atoms with Gasteiger partial charge in [-0.3, -0.25) is 0 Å². The van der Waals surface area contributed by atoms with Crippen molar-refractivity contribution in [2.75, 3.05) is 13.1 Å². The van der Waals surface area contributed by atoms with Crippen LogP contribution in [0.2, 0.25) is 0 Å². The predicted molar refractivity (Wildman–Crippen MR) is 58.7 cm³/mol. The number of aliphatic hydroxyl groups excluding tert-OH is 2. The van der Waals surface area contributed by atoms with Gasteiger partial charge in [-0.2, -0.15) is 4.31 Å². The molecule has 1 saturated heterocycles. The van der Waals surface area contributed by atoms with Crippen LogP contribution in [0, 0.1) is 0 Å². The molecule has 0 unspecified atom stereocenters. The first kappa shape index (κ1) is 12.5. The van der Waals surface area contributed by atoms with Gasteiger partial charge in [-0.1, -0.05) is 0 Å². The molecule has 0 saturated carbocycles. The van der Waals surface area contributed by atoms with Crippen molar-refractivity contribution in [1.82, 2.24) is 13.9 Å². The Bertz CT molecular complexity index is 488. The second-order valence-corrected chi connectivity index (χ2v) is 5.88. The van der Waals surface area contributed by atoms with Crippen LogP contribution < -0.4 is 0 Å². The van der Waals surface area contributed by atoms with Gasteiger partial charge in [0, 0.05) is 25.8 Å². The van der Waals surface area contributed by atoms with Crippen LogP contribution in [0.3, 0.4) is 0 Å². The van der Waals surface area contributed by atoms with Crippen molar-refractivity contribution in [1.29, 1.82) is 0 Å². The van der Waals surface area contributed by atoms with Gasteiger partial charge in [-0.05, 0) is 6.92 Å². The molecular formula is C9H15N3O4S. The van der Waals surface area contributed by atoms with Crippen molar-refractivity contribution in [2.45, 2.75) is 30.7 Å². The van der Waals surface area contributed by atoms with Crippen LogP contribution in [0.4, 0.5) is 0 Å². The first-order valence-electron chi connectivity index (χ1n) is 5.33. The minimum atomic E-state index is -3.71. The molecule has 0 spiro atoms. The molecule has 8 heteroatoms. The summed E-state index contributed by atoms with van der Waals surface area (Å²) in [5, 5.41) is 18.6. The van der Waals surface area contributed by atoms with E-state index < -0.39 is 22.2 Å². The monoisotopic (exact) mass is 261 g/mol.